The van der Waals surface area contributed by atoms with E-state index < -0.39 is 45.9 Å². The van der Waals surface area contributed by atoms with Gasteiger partial charge in [-0.25, -0.2) is 18.4 Å². The van der Waals surface area contributed by atoms with E-state index >= 15 is 8.78 Å². The van der Waals surface area contributed by atoms with E-state index in [1.165, 1.54) is 15.5 Å². The molecule has 0 amide bonds. The number of benzene rings is 2. The molecular weight excluding hydrogens is 638 g/mol. The number of nitrogens with zero attached hydrogens (tertiary/aromatic N) is 4. The van der Waals surface area contributed by atoms with Gasteiger partial charge in [-0.3, -0.25) is 24.0 Å². The van der Waals surface area contributed by atoms with Crippen molar-refractivity contribution in [2.45, 2.75) is 64.6 Å². The van der Waals surface area contributed by atoms with Crippen LogP contribution in [0.5, 0.6) is 0 Å². The predicted octanol–water partition coefficient (Wildman–Crippen LogP) is 3.74. The van der Waals surface area contributed by atoms with Gasteiger partial charge >= 0.3 is 11.7 Å². The number of carbonyl (C=O) groups is 1. The lowest BCUT2D eigenvalue weighted by atomic mass is 10.1. The highest BCUT2D eigenvalue weighted by molar-refractivity contribution is 5.94. The first-order valence-corrected chi connectivity index (χ1v) is 16.6. The number of rotatable bonds is 12. The van der Waals surface area contributed by atoms with Crippen molar-refractivity contribution in [2.24, 2.45) is 0 Å². The quantitative estimate of drug-likeness (QED) is 0.164. The number of unbranched alkanes of at least 4 members (excludes halogenated alkanes) is 1. The number of carboxylic acids is 1. The van der Waals surface area contributed by atoms with Crippen LogP contribution >= 0.6 is 0 Å². The van der Waals surface area contributed by atoms with E-state index in [2.05, 4.69) is 17.2 Å². The van der Waals surface area contributed by atoms with Crippen molar-refractivity contribution in [2.75, 3.05) is 43.0 Å². The molecule has 1 saturated carbocycles. The Kier molecular flexibility index (Phi) is 9.70. The SMILES string of the molecule is CCc1cc(Nc2cc(=O)n(CCCCN3CCN(c4c(F)cc5c(=O)c(C(=O)O)cn(C6CC6)c5c4F)CC3CO)c(=O)[nH]2)ccc1C. The number of aromatic nitrogens is 3. The zero-order valence-electron chi connectivity index (χ0n) is 27.5. The number of piperazine rings is 1. The summed E-state index contributed by atoms with van der Waals surface area (Å²) in [4.78, 5) is 56.3. The molecular formula is C35H40F2N6O6. The number of hydrogen-bond acceptors (Lipinski definition) is 8. The molecule has 0 spiro atoms. The van der Waals surface area contributed by atoms with Gasteiger partial charge in [-0.15, -0.1) is 0 Å². The number of aromatic amines is 1. The Bertz CT molecular complexity index is 2060. The van der Waals surface area contributed by atoms with E-state index in [-0.39, 0.29) is 48.9 Å². The molecule has 14 heteroatoms. The first kappa shape index (κ1) is 34.1. The first-order valence-electron chi connectivity index (χ1n) is 16.6. The summed E-state index contributed by atoms with van der Waals surface area (Å²) < 4.78 is 34.2. The molecule has 2 aromatic carbocycles. The first-order chi connectivity index (χ1) is 23.5. The summed E-state index contributed by atoms with van der Waals surface area (Å²) in [5.41, 5.74) is 0.242. The minimum atomic E-state index is -1.46. The average Bonchev–Trinajstić information content (AvgIpc) is 3.91. The number of aliphatic hydroxyl groups excluding tert-OH is 1. The van der Waals surface area contributed by atoms with Crippen LogP contribution in [0.15, 0.2) is 50.9 Å². The number of pyridine rings is 1. The van der Waals surface area contributed by atoms with Crippen LogP contribution in [0.3, 0.4) is 0 Å². The van der Waals surface area contributed by atoms with Crippen LogP contribution in [0.4, 0.5) is 26.0 Å². The smallest absolute Gasteiger partial charge is 0.341 e. The molecule has 6 rings (SSSR count). The molecule has 12 nitrogen and oxygen atoms in total. The van der Waals surface area contributed by atoms with Crippen LogP contribution in [-0.2, 0) is 13.0 Å². The van der Waals surface area contributed by atoms with Gasteiger partial charge in [0.05, 0.1) is 23.6 Å². The van der Waals surface area contributed by atoms with Gasteiger partial charge in [0.25, 0.3) is 5.56 Å². The Morgan fingerprint density at radius 2 is 1.82 bits per heavy atom. The Balaban J connectivity index is 1.10. The van der Waals surface area contributed by atoms with Crippen molar-refractivity contribution in [3.05, 3.63) is 95.9 Å². The Labute approximate surface area is 280 Å². The van der Waals surface area contributed by atoms with E-state index in [1.807, 2.05) is 30.0 Å². The largest absolute Gasteiger partial charge is 0.477 e. The standard InChI is InChI=1S/C35H40F2N6O6/c1-3-21-14-22(7-6-20(21)2)38-28-16-29(45)42(35(49)39-28)11-5-4-10-40-12-13-41(17-24(40)19-44)32-27(36)15-25-31(30(32)37)43(23-8-9-23)18-26(33(25)46)34(47)48/h6-7,14-16,18,23-24,38,44H,3-5,8-13,17,19H2,1-2H3,(H,39,49)(H,47,48). The summed E-state index contributed by atoms with van der Waals surface area (Å²) >= 11 is 0. The third kappa shape index (κ3) is 6.88. The summed E-state index contributed by atoms with van der Waals surface area (Å²) in [6.07, 6.45) is 4.49. The number of carboxylic acid groups (broad SMARTS) is 1. The summed E-state index contributed by atoms with van der Waals surface area (Å²) in [7, 11) is 0. The van der Waals surface area contributed by atoms with E-state index in [1.54, 1.807) is 0 Å². The average molecular weight is 679 g/mol. The van der Waals surface area contributed by atoms with Gasteiger partial charge in [0.15, 0.2) is 5.82 Å². The van der Waals surface area contributed by atoms with Crippen LogP contribution in [0.25, 0.3) is 10.9 Å². The van der Waals surface area contributed by atoms with Crippen molar-refractivity contribution in [1.29, 1.82) is 0 Å². The van der Waals surface area contributed by atoms with Gasteiger partial charge in [0.2, 0.25) is 5.43 Å². The molecule has 2 fully saturated rings. The van der Waals surface area contributed by atoms with Gasteiger partial charge in [-0.1, -0.05) is 13.0 Å². The van der Waals surface area contributed by atoms with Crippen LogP contribution in [-0.4, -0.2) is 74.0 Å². The molecule has 1 unspecified atom stereocenters. The number of H-pyrrole nitrogens is 1. The lowest BCUT2D eigenvalue weighted by Gasteiger charge is -2.42. The van der Waals surface area contributed by atoms with Crippen LogP contribution in [0.1, 0.15) is 60.1 Å². The van der Waals surface area contributed by atoms with E-state index in [0.29, 0.717) is 44.6 Å². The molecule has 4 aromatic rings. The second-order valence-corrected chi connectivity index (χ2v) is 12.9. The van der Waals surface area contributed by atoms with Crippen LogP contribution < -0.4 is 26.9 Å². The predicted molar refractivity (Wildman–Crippen MR) is 182 cm³/mol. The van der Waals surface area contributed by atoms with Crippen LogP contribution in [0.2, 0.25) is 0 Å². The molecule has 1 saturated heterocycles. The minimum absolute atomic E-state index is 0.116. The second-order valence-electron chi connectivity index (χ2n) is 12.9. The number of anilines is 3. The maximum absolute atomic E-state index is 16.1. The van der Waals surface area contributed by atoms with E-state index in [4.69, 9.17) is 0 Å². The minimum Gasteiger partial charge on any atom is -0.477 e. The monoisotopic (exact) mass is 678 g/mol. The molecule has 2 aliphatic rings. The number of aliphatic hydroxyl groups is 1. The third-order valence-electron chi connectivity index (χ3n) is 9.59. The topological polar surface area (TPSA) is 153 Å². The van der Waals surface area contributed by atoms with E-state index in [9.17, 15) is 29.4 Å². The molecule has 0 radical (unpaired) electrons. The molecule has 2 aromatic heterocycles. The lowest BCUT2D eigenvalue weighted by Crippen LogP contribution is -2.55. The van der Waals surface area contributed by atoms with Gasteiger partial charge in [0.1, 0.15) is 22.9 Å². The highest BCUT2D eigenvalue weighted by Gasteiger charge is 2.33. The molecule has 1 aliphatic heterocycles. The number of hydrogen-bond donors (Lipinski definition) is 4. The molecule has 260 valence electrons. The highest BCUT2D eigenvalue weighted by atomic mass is 19.1. The fourth-order valence-electron chi connectivity index (χ4n) is 6.75. The van der Waals surface area contributed by atoms with Crippen molar-refractivity contribution >= 4 is 34.1 Å². The Morgan fingerprint density at radius 1 is 1.06 bits per heavy atom. The number of halogens is 2. The van der Waals surface area contributed by atoms with E-state index in [0.717, 1.165) is 40.1 Å². The second kappa shape index (κ2) is 14.0. The molecule has 0 bridgehead atoms. The molecule has 3 heterocycles. The number of aromatic carboxylic acids is 1. The fraction of sp³-hybridized carbons (Fsp3) is 0.429. The Morgan fingerprint density at radius 3 is 2.49 bits per heavy atom. The zero-order valence-corrected chi connectivity index (χ0v) is 27.5. The summed E-state index contributed by atoms with van der Waals surface area (Å²) in [6.45, 7) is 5.29. The summed E-state index contributed by atoms with van der Waals surface area (Å²) in [5.74, 6) is -3.05. The Hall–Kier alpha value is -4.82. The number of aryl methyl sites for hydroxylation is 2. The maximum Gasteiger partial charge on any atom is 0.341 e. The lowest BCUT2D eigenvalue weighted by molar-refractivity contribution is 0.0694. The van der Waals surface area contributed by atoms with Crippen molar-refractivity contribution in [3.8, 4) is 0 Å². The normalized spacial score (nSPS) is 16.8. The van der Waals surface area contributed by atoms with Crippen LogP contribution in [0, 0.1) is 18.6 Å². The third-order valence-corrected chi connectivity index (χ3v) is 9.59. The van der Waals surface area contributed by atoms with Crippen molar-refractivity contribution in [1.82, 2.24) is 19.0 Å². The zero-order chi connectivity index (χ0) is 35.0. The van der Waals surface area contributed by atoms with Gasteiger partial charge < -0.3 is 25.0 Å². The molecule has 1 atom stereocenters. The van der Waals surface area contributed by atoms with Gasteiger partial charge in [-0.05, 0) is 74.9 Å². The van der Waals surface area contributed by atoms with Crippen molar-refractivity contribution < 1.29 is 23.8 Å². The van der Waals surface area contributed by atoms with Gasteiger partial charge in [0, 0.05) is 50.2 Å². The summed E-state index contributed by atoms with van der Waals surface area (Å²) in [6, 6.07) is 7.50. The molecule has 49 heavy (non-hydrogen) atoms. The molecule has 1 aliphatic carbocycles. The summed E-state index contributed by atoms with van der Waals surface area (Å²) in [5, 5.41) is 22.5. The number of nitrogens with one attached hydrogen (secondary N) is 2. The fourth-order valence-corrected chi connectivity index (χ4v) is 6.75. The van der Waals surface area contributed by atoms with Gasteiger partial charge in [-0.2, -0.15) is 0 Å². The molecule has 4 N–H and O–H groups in total. The van der Waals surface area contributed by atoms with Crippen molar-refractivity contribution in [3.63, 3.8) is 0 Å². The number of fused-ring (bicyclic) bond motifs is 1. The highest BCUT2D eigenvalue weighted by Crippen LogP contribution is 2.40. The maximum atomic E-state index is 16.1.